The van der Waals surface area contributed by atoms with Gasteiger partial charge < -0.3 is 19.9 Å². The number of aromatic hydroxyl groups is 3. The van der Waals surface area contributed by atoms with Crippen LogP contribution in [0, 0.1) is 0 Å². The number of rotatable bonds is 1. The number of aromatic nitrogens is 1. The summed E-state index contributed by atoms with van der Waals surface area (Å²) in [5.74, 6) is -1.45. The molecule has 5 aromatic carbocycles. The minimum Gasteiger partial charge on any atom is -0.505 e. The van der Waals surface area contributed by atoms with Crippen molar-refractivity contribution < 1.29 is 15.3 Å². The molecule has 0 atom stereocenters. The van der Waals surface area contributed by atoms with Crippen LogP contribution in [0.2, 0.25) is 0 Å². The molecule has 0 saturated carbocycles. The van der Waals surface area contributed by atoms with Crippen molar-refractivity contribution in [3.8, 4) is 22.9 Å². The molecule has 6 heteroatoms. The Bertz CT molecular complexity index is 1950. The van der Waals surface area contributed by atoms with Gasteiger partial charge in [0.15, 0.2) is 11.5 Å². The highest BCUT2D eigenvalue weighted by atomic mass is 32.1. The van der Waals surface area contributed by atoms with Gasteiger partial charge in [-0.1, -0.05) is 60.7 Å². The molecule has 0 bridgehead atoms. The third-order valence-electron chi connectivity index (χ3n) is 6.66. The monoisotopic (exact) mass is 457 g/mol. The molecular weight excluding hydrogens is 441 g/mol. The van der Waals surface area contributed by atoms with Crippen LogP contribution >= 0.6 is 11.3 Å². The standard InChI is InChI=1S/C28H16BNO3S/c29-22-21-19-15-10-4-5-11-16(15)23-20(27(19)34-28(21)26(33)25(32)24(22)31)17-12-6-7-13-18(17)30(23)14-8-2-1-3-9-14/h1-13,31-33H. The number of phenols is 3. The molecule has 0 aliphatic rings. The topological polar surface area (TPSA) is 65.6 Å². The summed E-state index contributed by atoms with van der Waals surface area (Å²) in [6.07, 6.45) is 0. The van der Waals surface area contributed by atoms with Crippen molar-refractivity contribution in [1.29, 1.82) is 0 Å². The van der Waals surface area contributed by atoms with Crippen molar-refractivity contribution in [2.24, 2.45) is 0 Å². The molecule has 2 heterocycles. The predicted octanol–water partition coefficient (Wildman–Crippen LogP) is 6.22. The first-order chi connectivity index (χ1) is 16.6. The molecule has 34 heavy (non-hydrogen) atoms. The highest BCUT2D eigenvalue weighted by molar-refractivity contribution is 7.27. The number of benzene rings is 5. The average molecular weight is 457 g/mol. The number of hydrogen-bond acceptors (Lipinski definition) is 4. The third kappa shape index (κ3) is 2.28. The van der Waals surface area contributed by atoms with E-state index in [-0.39, 0.29) is 11.2 Å². The molecule has 0 saturated heterocycles. The van der Waals surface area contributed by atoms with Crippen LogP contribution < -0.4 is 5.46 Å². The van der Waals surface area contributed by atoms with E-state index in [1.165, 1.54) is 11.3 Å². The van der Waals surface area contributed by atoms with Crippen LogP contribution in [-0.2, 0) is 0 Å². The largest absolute Gasteiger partial charge is 0.505 e. The molecule has 0 aliphatic heterocycles. The summed E-state index contributed by atoms with van der Waals surface area (Å²) in [6.45, 7) is 0. The zero-order valence-corrected chi connectivity index (χ0v) is 18.6. The Hall–Kier alpha value is -4.16. The van der Waals surface area contributed by atoms with E-state index in [9.17, 15) is 15.3 Å². The normalized spacial score (nSPS) is 12.0. The lowest BCUT2D eigenvalue weighted by Gasteiger charge is -2.11. The van der Waals surface area contributed by atoms with Crippen molar-refractivity contribution >= 4 is 77.4 Å². The van der Waals surface area contributed by atoms with Crippen molar-refractivity contribution in [2.75, 3.05) is 0 Å². The maximum atomic E-state index is 10.7. The SMILES string of the molecule is [B]c1c(O)c(O)c(O)c2sc3c(c4ccccc4c4c3c3ccccc3n4-c3ccccc3)c12. The molecule has 7 rings (SSSR count). The average Bonchev–Trinajstić information content (AvgIpc) is 3.44. The first-order valence-corrected chi connectivity index (χ1v) is 11.7. The van der Waals surface area contributed by atoms with Gasteiger partial charge in [0.1, 0.15) is 7.85 Å². The number of para-hydroxylation sites is 2. The summed E-state index contributed by atoms with van der Waals surface area (Å²) in [5.41, 5.74) is 3.25. The fraction of sp³-hybridized carbons (Fsp3) is 0. The van der Waals surface area contributed by atoms with Crippen LogP contribution in [0.15, 0.2) is 78.9 Å². The lowest BCUT2D eigenvalue weighted by atomic mass is 9.87. The van der Waals surface area contributed by atoms with Crippen LogP contribution in [0.1, 0.15) is 0 Å². The van der Waals surface area contributed by atoms with Gasteiger partial charge in [-0.2, -0.15) is 0 Å². The lowest BCUT2D eigenvalue weighted by Crippen LogP contribution is -2.04. The molecule has 3 N–H and O–H groups in total. The summed E-state index contributed by atoms with van der Waals surface area (Å²) in [5, 5.41) is 37.0. The van der Waals surface area contributed by atoms with E-state index in [1.54, 1.807) is 0 Å². The minimum atomic E-state index is -0.594. The second-order valence-corrected chi connectivity index (χ2v) is 9.45. The molecule has 4 nitrogen and oxygen atoms in total. The van der Waals surface area contributed by atoms with Gasteiger partial charge in [-0.05, 0) is 29.0 Å². The van der Waals surface area contributed by atoms with E-state index in [4.69, 9.17) is 7.85 Å². The Kier molecular flexibility index (Phi) is 3.80. The fourth-order valence-electron chi connectivity index (χ4n) is 5.23. The molecule has 0 unspecified atom stereocenters. The van der Waals surface area contributed by atoms with E-state index < -0.39 is 11.5 Å². The molecule has 2 aromatic heterocycles. The summed E-state index contributed by atoms with van der Waals surface area (Å²) in [6, 6.07) is 26.6. The summed E-state index contributed by atoms with van der Waals surface area (Å²) in [7, 11) is 6.32. The molecule has 2 radical (unpaired) electrons. The molecule has 0 fully saturated rings. The summed E-state index contributed by atoms with van der Waals surface area (Å²) in [4.78, 5) is 0. The zero-order valence-electron chi connectivity index (χ0n) is 17.8. The van der Waals surface area contributed by atoms with E-state index in [2.05, 4.69) is 34.9 Å². The number of fused-ring (bicyclic) bond motifs is 10. The maximum Gasteiger partial charge on any atom is 0.201 e. The third-order valence-corrected chi connectivity index (χ3v) is 7.88. The van der Waals surface area contributed by atoms with Gasteiger partial charge in [-0.15, -0.1) is 11.3 Å². The highest BCUT2D eigenvalue weighted by Crippen LogP contribution is 2.52. The maximum absolute atomic E-state index is 10.7. The zero-order chi connectivity index (χ0) is 23.1. The van der Waals surface area contributed by atoms with Crippen molar-refractivity contribution in [1.82, 2.24) is 4.57 Å². The molecule has 0 amide bonds. The van der Waals surface area contributed by atoms with Crippen molar-refractivity contribution in [3.05, 3.63) is 78.9 Å². The second-order valence-electron chi connectivity index (χ2n) is 8.43. The molecule has 160 valence electrons. The Balaban J connectivity index is 1.88. The number of phenolic OH excluding ortho intramolecular Hbond substituents is 3. The predicted molar refractivity (Wildman–Crippen MR) is 142 cm³/mol. The van der Waals surface area contributed by atoms with Crippen LogP contribution in [0.3, 0.4) is 0 Å². The van der Waals surface area contributed by atoms with Crippen molar-refractivity contribution in [2.45, 2.75) is 0 Å². The first-order valence-electron chi connectivity index (χ1n) is 10.9. The smallest absolute Gasteiger partial charge is 0.201 e. The lowest BCUT2D eigenvalue weighted by molar-refractivity contribution is 0.373. The fourth-order valence-corrected chi connectivity index (χ4v) is 6.57. The van der Waals surface area contributed by atoms with E-state index in [1.807, 2.05) is 48.5 Å². The Labute approximate surface area is 198 Å². The van der Waals surface area contributed by atoms with Crippen LogP contribution in [-0.4, -0.2) is 27.7 Å². The van der Waals surface area contributed by atoms with Gasteiger partial charge in [-0.3, -0.25) is 0 Å². The van der Waals surface area contributed by atoms with Crippen LogP contribution in [0.4, 0.5) is 0 Å². The van der Waals surface area contributed by atoms with Crippen molar-refractivity contribution in [3.63, 3.8) is 0 Å². The van der Waals surface area contributed by atoms with Gasteiger partial charge in [0.25, 0.3) is 0 Å². The van der Waals surface area contributed by atoms with Gasteiger partial charge in [0.05, 0.1) is 15.7 Å². The number of thiophene rings is 1. The Morgan fingerprint density at radius 2 is 1.24 bits per heavy atom. The number of hydrogen-bond donors (Lipinski definition) is 3. The second kappa shape index (κ2) is 6.68. The van der Waals surface area contributed by atoms with E-state index in [0.29, 0.717) is 10.1 Å². The molecular formula is C28H16BNO3S. The van der Waals surface area contributed by atoms with E-state index >= 15 is 0 Å². The Morgan fingerprint density at radius 3 is 2.00 bits per heavy atom. The molecule has 0 spiro atoms. The van der Waals surface area contributed by atoms with E-state index in [0.717, 1.165) is 48.4 Å². The highest BCUT2D eigenvalue weighted by Gasteiger charge is 2.25. The number of nitrogens with zero attached hydrogens (tertiary/aromatic N) is 1. The molecule has 0 aliphatic carbocycles. The quantitative estimate of drug-likeness (QED) is 0.203. The van der Waals surface area contributed by atoms with Crippen LogP contribution in [0.5, 0.6) is 17.2 Å². The first kappa shape index (κ1) is 19.3. The van der Waals surface area contributed by atoms with Gasteiger partial charge in [0, 0.05) is 37.3 Å². The van der Waals surface area contributed by atoms with Gasteiger partial charge in [0.2, 0.25) is 5.75 Å². The Morgan fingerprint density at radius 1 is 0.588 bits per heavy atom. The van der Waals surface area contributed by atoms with Gasteiger partial charge in [-0.25, -0.2) is 0 Å². The van der Waals surface area contributed by atoms with Gasteiger partial charge >= 0.3 is 0 Å². The molecule has 7 aromatic rings. The minimum absolute atomic E-state index is 0.0628. The summed E-state index contributed by atoms with van der Waals surface area (Å²) >= 11 is 1.38. The van der Waals surface area contributed by atoms with Crippen LogP contribution in [0.25, 0.3) is 58.4 Å². The summed E-state index contributed by atoms with van der Waals surface area (Å²) < 4.78 is 3.67.